The van der Waals surface area contributed by atoms with E-state index in [1.165, 1.54) is 29.8 Å². The van der Waals surface area contributed by atoms with Gasteiger partial charge in [0.1, 0.15) is 11.6 Å². The summed E-state index contributed by atoms with van der Waals surface area (Å²) in [6.45, 7) is 7.68. The number of aromatic carboxylic acids is 1. The number of halogens is 5. The lowest BCUT2D eigenvalue weighted by Crippen LogP contribution is -2.14. The molecule has 0 radical (unpaired) electrons. The first-order valence-electron chi connectivity index (χ1n) is 13.0. The van der Waals surface area contributed by atoms with Crippen LogP contribution in [0.2, 0.25) is 5.02 Å². The van der Waals surface area contributed by atoms with Crippen LogP contribution >= 0.6 is 22.9 Å². The van der Waals surface area contributed by atoms with Crippen molar-refractivity contribution in [3.8, 4) is 33.6 Å². The number of hydrogen-bond acceptors (Lipinski definition) is 5. The van der Waals surface area contributed by atoms with Gasteiger partial charge in [-0.15, -0.1) is 11.3 Å². The third kappa shape index (κ3) is 5.20. The van der Waals surface area contributed by atoms with E-state index in [0.717, 1.165) is 63.8 Å². The van der Waals surface area contributed by atoms with Gasteiger partial charge in [0.05, 0.1) is 39.4 Å². The molecular formula is C32H16ClF4N3O4S2. The van der Waals surface area contributed by atoms with E-state index in [2.05, 4.69) is 9.83 Å². The zero-order chi connectivity index (χ0) is 32.9. The molecule has 46 heavy (non-hydrogen) atoms. The predicted molar refractivity (Wildman–Crippen MR) is 166 cm³/mol. The minimum Gasteiger partial charge on any atom is -0.478 e. The molecule has 0 aliphatic heterocycles. The minimum atomic E-state index is -4.60. The molecule has 230 valence electrons. The molecule has 2 aromatic heterocycles. The van der Waals surface area contributed by atoms with E-state index in [1.807, 2.05) is 0 Å². The fourth-order valence-corrected chi connectivity index (χ4v) is 7.53. The third-order valence-electron chi connectivity index (χ3n) is 7.18. The Labute approximate surface area is 267 Å². The molecule has 0 bridgehead atoms. The second kappa shape index (κ2) is 11.7. The van der Waals surface area contributed by atoms with Crippen LogP contribution in [0.15, 0.2) is 89.3 Å². The Morgan fingerprint density at radius 3 is 2.39 bits per heavy atom. The molecule has 1 N–H and O–H groups in total. The molecule has 0 saturated carbocycles. The van der Waals surface area contributed by atoms with E-state index in [-0.39, 0.29) is 59.5 Å². The number of thiazole rings is 1. The molecule has 14 heteroatoms. The summed E-state index contributed by atoms with van der Waals surface area (Å²) < 4.78 is 85.8. The highest BCUT2D eigenvalue weighted by atomic mass is 35.5. The molecule has 0 atom stereocenters. The van der Waals surface area contributed by atoms with Crippen LogP contribution in [-0.4, -0.2) is 28.5 Å². The SMILES string of the molecule is [C-]#[N+]c1scnc1-c1c(-c2cccc(-c3cc(F)c(C(=O)O)cc3Cl)c2)n(S(=O)(=O)c2ccc(C(F)F)cc2)c2ccc(F)cc12. The van der Waals surface area contributed by atoms with Crippen molar-refractivity contribution in [3.63, 3.8) is 0 Å². The van der Waals surface area contributed by atoms with E-state index in [0.29, 0.717) is 0 Å². The number of carbonyl (C=O) groups is 1. The highest BCUT2D eigenvalue weighted by molar-refractivity contribution is 7.90. The lowest BCUT2D eigenvalue weighted by Gasteiger charge is -2.15. The van der Waals surface area contributed by atoms with Gasteiger partial charge in [-0.25, -0.2) is 39.6 Å². The van der Waals surface area contributed by atoms with E-state index in [1.54, 1.807) is 6.07 Å². The van der Waals surface area contributed by atoms with E-state index in [9.17, 15) is 35.9 Å². The molecule has 0 fully saturated rings. The number of nitrogens with zero attached hydrogens (tertiary/aromatic N) is 3. The Kier molecular flexibility index (Phi) is 7.89. The molecule has 0 aliphatic rings. The number of carboxylic acid groups (broad SMARTS) is 1. The fourth-order valence-electron chi connectivity index (χ4n) is 5.13. The van der Waals surface area contributed by atoms with Crippen LogP contribution < -0.4 is 0 Å². The van der Waals surface area contributed by atoms with Crippen molar-refractivity contribution in [1.29, 1.82) is 0 Å². The molecule has 2 heterocycles. The van der Waals surface area contributed by atoms with Crippen LogP contribution in [0.25, 0.3) is 49.4 Å². The molecule has 0 unspecified atom stereocenters. The minimum absolute atomic E-state index is 0.00792. The molecule has 6 rings (SSSR count). The first kappa shape index (κ1) is 31.0. The zero-order valence-corrected chi connectivity index (χ0v) is 25.3. The summed E-state index contributed by atoms with van der Waals surface area (Å²) in [6, 6.07) is 15.4. The summed E-state index contributed by atoms with van der Waals surface area (Å²) in [4.78, 5) is 18.9. The number of hydrogen-bond donors (Lipinski definition) is 1. The standard InChI is InChI=1S/C32H16ClF4N3O4S2/c1-38-31-28(39-15-45-31)27-23-12-19(34)7-10-26(23)40(46(43,44)20-8-5-16(6-9-20)30(36)37)29(27)18-4-2-3-17(11-18)21-14-25(35)22(32(41)42)13-24(21)33/h2-15,30H,(H,41,42). The van der Waals surface area contributed by atoms with Crippen LogP contribution in [0.5, 0.6) is 0 Å². The predicted octanol–water partition coefficient (Wildman–Crippen LogP) is 9.45. The van der Waals surface area contributed by atoms with Crippen LogP contribution in [-0.2, 0) is 10.0 Å². The van der Waals surface area contributed by atoms with Gasteiger partial charge in [-0.05, 0) is 54.1 Å². The Morgan fingerprint density at radius 1 is 1.00 bits per heavy atom. The van der Waals surface area contributed by atoms with E-state index >= 15 is 0 Å². The largest absolute Gasteiger partial charge is 0.478 e. The van der Waals surface area contributed by atoms with Gasteiger partial charge in [-0.2, -0.15) is 0 Å². The number of carboxylic acids is 1. The van der Waals surface area contributed by atoms with E-state index < -0.39 is 45.2 Å². The summed E-state index contributed by atoms with van der Waals surface area (Å²) in [6.07, 6.45) is -2.84. The van der Waals surface area contributed by atoms with Crippen molar-refractivity contribution in [2.24, 2.45) is 0 Å². The number of fused-ring (bicyclic) bond motifs is 1. The summed E-state index contributed by atoms with van der Waals surface area (Å²) in [5, 5.41) is 9.38. The van der Waals surface area contributed by atoms with Crippen LogP contribution in [0, 0.1) is 18.2 Å². The molecule has 4 aromatic carbocycles. The van der Waals surface area contributed by atoms with Crippen molar-refractivity contribution in [2.45, 2.75) is 11.3 Å². The van der Waals surface area contributed by atoms with Gasteiger partial charge in [0, 0.05) is 32.7 Å². The average molecular weight is 682 g/mol. The molecule has 0 amide bonds. The average Bonchev–Trinajstić information content (AvgIpc) is 3.64. The summed E-state index contributed by atoms with van der Waals surface area (Å²) in [5.41, 5.74) is 1.05. The zero-order valence-electron chi connectivity index (χ0n) is 22.9. The van der Waals surface area contributed by atoms with Gasteiger partial charge < -0.3 is 5.11 Å². The quantitative estimate of drug-likeness (QED) is 0.134. The summed E-state index contributed by atoms with van der Waals surface area (Å²) in [5.74, 6) is -3.28. The fraction of sp³-hybridized carbons (Fsp3) is 0.0312. The third-order valence-corrected chi connectivity index (χ3v) is 9.94. The number of benzene rings is 4. The van der Waals surface area contributed by atoms with Gasteiger partial charge in [-0.1, -0.05) is 41.9 Å². The van der Waals surface area contributed by atoms with Crippen LogP contribution in [0.3, 0.4) is 0 Å². The summed E-state index contributed by atoms with van der Waals surface area (Å²) >= 11 is 7.35. The Bertz CT molecular complexity index is 2350. The monoisotopic (exact) mass is 681 g/mol. The van der Waals surface area contributed by atoms with Crippen molar-refractivity contribution >= 4 is 54.8 Å². The molecular weight excluding hydrogens is 666 g/mol. The normalized spacial score (nSPS) is 11.7. The smallest absolute Gasteiger partial charge is 0.338 e. The van der Waals surface area contributed by atoms with Gasteiger partial charge >= 0.3 is 5.97 Å². The Hall–Kier alpha value is -5.03. The van der Waals surface area contributed by atoms with Crippen molar-refractivity contribution in [2.75, 3.05) is 0 Å². The molecule has 7 nitrogen and oxygen atoms in total. The molecule has 6 aromatic rings. The lowest BCUT2D eigenvalue weighted by atomic mass is 9.97. The lowest BCUT2D eigenvalue weighted by molar-refractivity contribution is 0.0692. The highest BCUT2D eigenvalue weighted by Crippen LogP contribution is 2.47. The Balaban J connectivity index is 1.71. The molecule has 0 aliphatic carbocycles. The van der Waals surface area contributed by atoms with Gasteiger partial charge in [0.25, 0.3) is 21.4 Å². The van der Waals surface area contributed by atoms with Crippen molar-refractivity contribution in [1.82, 2.24) is 8.96 Å². The first-order chi connectivity index (χ1) is 21.9. The van der Waals surface area contributed by atoms with Crippen LogP contribution in [0.4, 0.5) is 22.6 Å². The topological polar surface area (TPSA) is 93.6 Å². The maximum absolute atomic E-state index is 14.8. The van der Waals surface area contributed by atoms with Gasteiger partial charge in [-0.3, -0.25) is 4.98 Å². The van der Waals surface area contributed by atoms with Gasteiger partial charge in [0.2, 0.25) is 0 Å². The van der Waals surface area contributed by atoms with Crippen molar-refractivity contribution < 1.29 is 35.9 Å². The highest BCUT2D eigenvalue weighted by Gasteiger charge is 2.31. The maximum atomic E-state index is 14.8. The second-order valence-electron chi connectivity index (χ2n) is 9.84. The van der Waals surface area contributed by atoms with Gasteiger partial charge in [0.15, 0.2) is 0 Å². The second-order valence-corrected chi connectivity index (χ2v) is 12.9. The number of alkyl halides is 2. The number of aromatic nitrogens is 2. The van der Waals surface area contributed by atoms with Crippen molar-refractivity contribution in [3.05, 3.63) is 124 Å². The van der Waals surface area contributed by atoms with E-state index in [4.69, 9.17) is 18.2 Å². The summed E-state index contributed by atoms with van der Waals surface area (Å²) in [7, 11) is -4.60. The number of rotatable bonds is 7. The Morgan fingerprint density at radius 2 is 1.72 bits per heavy atom. The maximum Gasteiger partial charge on any atom is 0.338 e. The molecule has 0 spiro atoms. The van der Waals surface area contributed by atoms with Crippen LogP contribution in [0.1, 0.15) is 22.3 Å². The molecule has 0 saturated heterocycles. The first-order valence-corrected chi connectivity index (χ1v) is 15.7.